The van der Waals surface area contributed by atoms with E-state index in [4.69, 9.17) is 0 Å². The number of phenolic OH excluding ortho intramolecular Hbond substituents is 1. The van der Waals surface area contributed by atoms with Crippen LogP contribution in [0.4, 0.5) is 13.2 Å². The Balaban J connectivity index is 2.92. The van der Waals surface area contributed by atoms with Gasteiger partial charge in [-0.25, -0.2) is 5.10 Å². The standard InChI is InChI=1S/C12H11F3N2O2/c1-5(2)10-7-3-6(12(13,14)15)4-8(18)9(7)11(19)17-16-10/h3-5,18H,1-2H3,(H,17,19). The lowest BCUT2D eigenvalue weighted by Crippen LogP contribution is -2.14. The third kappa shape index (κ3) is 2.27. The Kier molecular flexibility index (Phi) is 3.00. The first-order valence-corrected chi connectivity index (χ1v) is 5.54. The maximum absolute atomic E-state index is 12.7. The quantitative estimate of drug-likeness (QED) is 0.838. The molecule has 0 aliphatic heterocycles. The number of rotatable bonds is 1. The normalized spacial score (nSPS) is 12.3. The highest BCUT2D eigenvalue weighted by Gasteiger charge is 2.32. The van der Waals surface area contributed by atoms with Gasteiger partial charge in [-0.05, 0) is 18.1 Å². The molecule has 102 valence electrons. The van der Waals surface area contributed by atoms with Crippen molar-refractivity contribution in [3.05, 3.63) is 33.7 Å². The molecule has 0 radical (unpaired) electrons. The predicted molar refractivity (Wildman–Crippen MR) is 63.1 cm³/mol. The number of aromatic amines is 1. The highest BCUT2D eigenvalue weighted by molar-refractivity contribution is 5.90. The molecule has 2 rings (SSSR count). The fourth-order valence-electron chi connectivity index (χ4n) is 1.90. The lowest BCUT2D eigenvalue weighted by molar-refractivity contribution is -0.137. The second-order valence-electron chi connectivity index (χ2n) is 4.51. The van der Waals surface area contributed by atoms with Crippen LogP contribution in [0.2, 0.25) is 0 Å². The highest BCUT2D eigenvalue weighted by Crippen LogP contribution is 2.36. The van der Waals surface area contributed by atoms with Crippen molar-refractivity contribution in [2.24, 2.45) is 0 Å². The number of H-pyrrole nitrogens is 1. The molecule has 0 fully saturated rings. The SMILES string of the molecule is CC(C)c1n[nH]c(=O)c2c(O)cc(C(F)(F)F)cc12. The molecular formula is C12H11F3N2O2. The average Bonchev–Trinajstić information content (AvgIpc) is 2.26. The van der Waals surface area contributed by atoms with E-state index in [0.717, 1.165) is 6.07 Å². The van der Waals surface area contributed by atoms with Gasteiger partial charge in [-0.3, -0.25) is 4.79 Å². The molecule has 0 saturated carbocycles. The number of hydrogen-bond acceptors (Lipinski definition) is 3. The van der Waals surface area contributed by atoms with Crippen LogP contribution in [0.1, 0.15) is 31.0 Å². The van der Waals surface area contributed by atoms with Gasteiger partial charge in [0.05, 0.1) is 16.6 Å². The Morgan fingerprint density at radius 1 is 1.32 bits per heavy atom. The molecule has 4 nitrogen and oxygen atoms in total. The Hall–Kier alpha value is -2.05. The van der Waals surface area contributed by atoms with Gasteiger partial charge in [-0.2, -0.15) is 18.3 Å². The molecule has 0 atom stereocenters. The fraction of sp³-hybridized carbons (Fsp3) is 0.333. The molecule has 19 heavy (non-hydrogen) atoms. The van der Waals surface area contributed by atoms with Gasteiger partial charge in [0.1, 0.15) is 5.75 Å². The zero-order valence-corrected chi connectivity index (χ0v) is 10.2. The molecule has 0 unspecified atom stereocenters. The maximum Gasteiger partial charge on any atom is 0.416 e. The van der Waals surface area contributed by atoms with Gasteiger partial charge in [0.25, 0.3) is 5.56 Å². The van der Waals surface area contributed by atoms with Gasteiger partial charge in [-0.15, -0.1) is 0 Å². The molecule has 0 bridgehead atoms. The van der Waals surface area contributed by atoms with Crippen molar-refractivity contribution < 1.29 is 18.3 Å². The number of halogens is 3. The van der Waals surface area contributed by atoms with E-state index in [1.54, 1.807) is 13.8 Å². The molecule has 2 N–H and O–H groups in total. The smallest absolute Gasteiger partial charge is 0.416 e. The molecule has 0 spiro atoms. The molecule has 1 aromatic carbocycles. The van der Waals surface area contributed by atoms with Gasteiger partial charge in [0.15, 0.2) is 0 Å². The summed E-state index contributed by atoms with van der Waals surface area (Å²) in [6.07, 6.45) is -4.59. The van der Waals surface area contributed by atoms with E-state index in [2.05, 4.69) is 10.2 Å². The molecule has 0 aliphatic carbocycles. The minimum absolute atomic E-state index is 0.0195. The van der Waals surface area contributed by atoms with Crippen LogP contribution in [0.25, 0.3) is 10.8 Å². The van der Waals surface area contributed by atoms with Crippen LogP contribution in [0, 0.1) is 0 Å². The van der Waals surface area contributed by atoms with Crippen molar-refractivity contribution in [1.82, 2.24) is 10.2 Å². The van der Waals surface area contributed by atoms with Crippen molar-refractivity contribution in [3.8, 4) is 5.75 Å². The summed E-state index contributed by atoms with van der Waals surface area (Å²) in [7, 11) is 0. The number of nitrogens with one attached hydrogen (secondary N) is 1. The van der Waals surface area contributed by atoms with Gasteiger partial charge >= 0.3 is 6.18 Å². The topological polar surface area (TPSA) is 66.0 Å². The lowest BCUT2D eigenvalue weighted by Gasteiger charge is -2.12. The Labute approximate surface area is 105 Å². The summed E-state index contributed by atoms with van der Waals surface area (Å²) in [5.41, 5.74) is -1.42. The monoisotopic (exact) mass is 272 g/mol. The van der Waals surface area contributed by atoms with Gasteiger partial charge in [0.2, 0.25) is 0 Å². The number of phenols is 1. The highest BCUT2D eigenvalue weighted by atomic mass is 19.4. The molecule has 0 amide bonds. The summed E-state index contributed by atoms with van der Waals surface area (Å²) in [5.74, 6) is -0.891. The van der Waals surface area contributed by atoms with E-state index >= 15 is 0 Å². The van der Waals surface area contributed by atoms with E-state index in [1.165, 1.54) is 0 Å². The zero-order chi connectivity index (χ0) is 14.4. The van der Waals surface area contributed by atoms with E-state index in [-0.39, 0.29) is 16.7 Å². The largest absolute Gasteiger partial charge is 0.507 e. The summed E-state index contributed by atoms with van der Waals surface area (Å²) in [6.45, 7) is 3.47. The summed E-state index contributed by atoms with van der Waals surface area (Å²) >= 11 is 0. The first-order chi connectivity index (χ1) is 8.71. The molecule has 0 aliphatic rings. The van der Waals surface area contributed by atoms with Crippen LogP contribution in [0.5, 0.6) is 5.75 Å². The Morgan fingerprint density at radius 2 is 1.95 bits per heavy atom. The maximum atomic E-state index is 12.7. The number of hydrogen-bond donors (Lipinski definition) is 2. The number of alkyl halides is 3. The second-order valence-corrected chi connectivity index (χ2v) is 4.51. The van der Waals surface area contributed by atoms with Gasteiger partial charge in [-0.1, -0.05) is 13.8 Å². The number of fused-ring (bicyclic) bond motifs is 1. The van der Waals surface area contributed by atoms with Crippen LogP contribution in [0.3, 0.4) is 0 Å². The number of aromatic hydroxyl groups is 1. The van der Waals surface area contributed by atoms with E-state index in [0.29, 0.717) is 11.8 Å². The molecule has 2 aromatic rings. The number of aromatic nitrogens is 2. The summed E-state index contributed by atoms with van der Waals surface area (Å²) in [4.78, 5) is 11.6. The molecule has 7 heteroatoms. The van der Waals surface area contributed by atoms with Gasteiger partial charge in [0, 0.05) is 5.39 Å². The van der Waals surface area contributed by atoms with E-state index < -0.39 is 23.0 Å². The zero-order valence-electron chi connectivity index (χ0n) is 10.2. The van der Waals surface area contributed by atoms with Crippen molar-refractivity contribution in [2.45, 2.75) is 25.9 Å². The Morgan fingerprint density at radius 3 is 2.47 bits per heavy atom. The molecule has 0 saturated heterocycles. The summed E-state index contributed by atoms with van der Waals surface area (Å²) in [5, 5.41) is 15.4. The van der Waals surface area contributed by atoms with Crippen molar-refractivity contribution in [2.75, 3.05) is 0 Å². The van der Waals surface area contributed by atoms with Crippen LogP contribution < -0.4 is 5.56 Å². The minimum atomic E-state index is -4.59. The Bertz CT molecular complexity index is 690. The van der Waals surface area contributed by atoms with E-state index in [1.807, 2.05) is 0 Å². The van der Waals surface area contributed by atoms with Crippen molar-refractivity contribution in [1.29, 1.82) is 0 Å². The van der Waals surface area contributed by atoms with Crippen LogP contribution in [-0.4, -0.2) is 15.3 Å². The summed E-state index contributed by atoms with van der Waals surface area (Å²) < 4.78 is 38.1. The minimum Gasteiger partial charge on any atom is -0.507 e. The van der Waals surface area contributed by atoms with Gasteiger partial charge < -0.3 is 5.11 Å². The molecular weight excluding hydrogens is 261 g/mol. The third-order valence-corrected chi connectivity index (χ3v) is 2.77. The van der Waals surface area contributed by atoms with Crippen molar-refractivity contribution >= 4 is 10.8 Å². The lowest BCUT2D eigenvalue weighted by atomic mass is 10.0. The van der Waals surface area contributed by atoms with E-state index in [9.17, 15) is 23.1 Å². The second kappa shape index (κ2) is 4.25. The van der Waals surface area contributed by atoms with Crippen molar-refractivity contribution in [3.63, 3.8) is 0 Å². The first kappa shape index (κ1) is 13.4. The first-order valence-electron chi connectivity index (χ1n) is 5.54. The number of benzene rings is 1. The molecule has 1 heterocycles. The predicted octanol–water partition coefficient (Wildman–Crippen LogP) is 2.77. The average molecular weight is 272 g/mol. The van der Waals surface area contributed by atoms with Crippen LogP contribution >= 0.6 is 0 Å². The number of nitrogens with zero attached hydrogens (tertiary/aromatic N) is 1. The van der Waals surface area contributed by atoms with Crippen LogP contribution in [-0.2, 0) is 6.18 Å². The third-order valence-electron chi connectivity index (χ3n) is 2.77. The summed E-state index contributed by atoms with van der Waals surface area (Å²) in [6, 6.07) is 1.38. The fourth-order valence-corrected chi connectivity index (χ4v) is 1.90. The van der Waals surface area contributed by atoms with Crippen LogP contribution in [0.15, 0.2) is 16.9 Å². The molecule has 1 aromatic heterocycles.